The van der Waals surface area contributed by atoms with Crippen LogP contribution in [0.4, 0.5) is 0 Å². The summed E-state index contributed by atoms with van der Waals surface area (Å²) in [5.74, 6) is 1.09. The number of methoxy groups -OCH3 is 2. The van der Waals surface area contributed by atoms with Gasteiger partial charge in [-0.05, 0) is 25.0 Å². The Balaban J connectivity index is 1.27. The molecule has 9 nitrogen and oxygen atoms in total. The molecule has 226 valence electrons. The molecule has 2 aromatic carbocycles. The predicted molar refractivity (Wildman–Crippen MR) is 170 cm³/mol. The first-order valence-corrected chi connectivity index (χ1v) is 15.1. The van der Waals surface area contributed by atoms with Crippen LogP contribution in [0.2, 0.25) is 10.0 Å². The molecule has 2 saturated heterocycles. The molecule has 2 aliphatic rings. The maximum absolute atomic E-state index is 11.7. The summed E-state index contributed by atoms with van der Waals surface area (Å²) in [4.78, 5) is 32.7. The van der Waals surface area contributed by atoms with Crippen LogP contribution >= 0.6 is 23.2 Å². The molecule has 2 amide bonds. The predicted octanol–water partition coefficient (Wildman–Crippen LogP) is 5.07. The van der Waals surface area contributed by atoms with Crippen LogP contribution in [0.25, 0.3) is 33.6 Å². The van der Waals surface area contributed by atoms with Crippen LogP contribution in [0.3, 0.4) is 0 Å². The van der Waals surface area contributed by atoms with Gasteiger partial charge in [0.2, 0.25) is 23.6 Å². The minimum absolute atomic E-state index is 0.0114. The topological polar surface area (TPSA) is 114 Å². The fourth-order valence-corrected chi connectivity index (χ4v) is 6.02. The SMILES string of the molecule is COc1nc(-c2cccc(-c3cccc(-c4ccc(CN[C@H]5CNC5=O)c(OC)n4)c3Cl)c2Cl)ccc1CC[C@H]1CNC1=O. The van der Waals surface area contributed by atoms with Gasteiger partial charge in [0.25, 0.3) is 0 Å². The van der Waals surface area contributed by atoms with Crippen LogP contribution in [0.15, 0.2) is 60.7 Å². The second-order valence-corrected chi connectivity index (χ2v) is 11.5. The van der Waals surface area contributed by atoms with E-state index >= 15 is 0 Å². The van der Waals surface area contributed by atoms with Crippen molar-refractivity contribution < 1.29 is 19.1 Å². The Labute approximate surface area is 265 Å². The zero-order valence-corrected chi connectivity index (χ0v) is 25.8. The smallest absolute Gasteiger partial charge is 0.239 e. The Morgan fingerprint density at radius 1 is 0.750 bits per heavy atom. The molecule has 0 bridgehead atoms. The number of aromatic nitrogens is 2. The molecule has 0 aliphatic carbocycles. The van der Waals surface area contributed by atoms with E-state index in [0.29, 0.717) is 59.2 Å². The number of benzene rings is 2. The number of aryl methyl sites for hydroxylation is 1. The maximum atomic E-state index is 11.7. The minimum atomic E-state index is -0.207. The van der Waals surface area contributed by atoms with Crippen molar-refractivity contribution in [3.8, 4) is 45.4 Å². The van der Waals surface area contributed by atoms with Crippen LogP contribution in [-0.2, 0) is 22.6 Å². The number of pyridine rings is 2. The molecule has 11 heteroatoms. The Bertz CT molecular complexity index is 1620. The van der Waals surface area contributed by atoms with Crippen molar-refractivity contribution in [3.63, 3.8) is 0 Å². The molecule has 6 rings (SSSR count). The number of β-lactam (4-membered cyclic amide) rings is 2. The lowest BCUT2D eigenvalue weighted by Crippen LogP contribution is -2.60. The Kier molecular flexibility index (Phi) is 8.70. The molecule has 2 fully saturated rings. The summed E-state index contributed by atoms with van der Waals surface area (Å²) < 4.78 is 11.2. The van der Waals surface area contributed by atoms with E-state index in [1.165, 1.54) is 0 Å². The Morgan fingerprint density at radius 2 is 1.30 bits per heavy atom. The molecular formula is C33H31Cl2N5O4. The third-order valence-corrected chi connectivity index (χ3v) is 8.91. The van der Waals surface area contributed by atoms with Gasteiger partial charge < -0.3 is 25.4 Å². The van der Waals surface area contributed by atoms with Gasteiger partial charge in [-0.15, -0.1) is 0 Å². The lowest BCUT2D eigenvalue weighted by atomic mass is 9.94. The summed E-state index contributed by atoms with van der Waals surface area (Å²) in [5.41, 5.74) is 6.06. The summed E-state index contributed by atoms with van der Waals surface area (Å²) in [6.45, 7) is 1.77. The van der Waals surface area contributed by atoms with Crippen LogP contribution in [0.1, 0.15) is 17.5 Å². The molecule has 44 heavy (non-hydrogen) atoms. The normalized spacial score (nSPS) is 17.3. The number of carbonyl (C=O) groups excluding carboxylic acids is 2. The van der Waals surface area contributed by atoms with Gasteiger partial charge in [0.1, 0.15) is 6.04 Å². The molecule has 4 aromatic rings. The summed E-state index contributed by atoms with van der Waals surface area (Å²) in [5, 5.41) is 9.72. The highest BCUT2D eigenvalue weighted by molar-refractivity contribution is 6.39. The first-order chi connectivity index (χ1) is 21.4. The van der Waals surface area contributed by atoms with E-state index in [2.05, 4.69) is 16.0 Å². The number of ether oxygens (including phenoxy) is 2. The highest BCUT2D eigenvalue weighted by Crippen LogP contribution is 2.42. The summed E-state index contributed by atoms with van der Waals surface area (Å²) in [6.07, 6.45) is 1.44. The van der Waals surface area contributed by atoms with Gasteiger partial charge in [-0.2, -0.15) is 0 Å². The second-order valence-electron chi connectivity index (χ2n) is 10.7. The fourth-order valence-electron chi connectivity index (χ4n) is 5.37. The number of nitrogens with one attached hydrogen (secondary N) is 3. The summed E-state index contributed by atoms with van der Waals surface area (Å²) in [6, 6.07) is 19.0. The average molecular weight is 633 g/mol. The summed E-state index contributed by atoms with van der Waals surface area (Å²) in [7, 11) is 3.16. The van der Waals surface area contributed by atoms with E-state index in [1.807, 2.05) is 60.7 Å². The van der Waals surface area contributed by atoms with Gasteiger partial charge in [0.05, 0.1) is 41.6 Å². The van der Waals surface area contributed by atoms with Gasteiger partial charge in [0.15, 0.2) is 0 Å². The van der Waals surface area contributed by atoms with Gasteiger partial charge in [-0.25, -0.2) is 9.97 Å². The van der Waals surface area contributed by atoms with E-state index in [-0.39, 0.29) is 23.8 Å². The number of halogens is 2. The molecule has 3 N–H and O–H groups in total. The first kappa shape index (κ1) is 29.9. The second kappa shape index (κ2) is 12.8. The van der Waals surface area contributed by atoms with Gasteiger partial charge in [0, 0.05) is 53.0 Å². The fraction of sp³-hybridized carbons (Fsp3) is 0.273. The van der Waals surface area contributed by atoms with E-state index in [4.69, 9.17) is 42.6 Å². The van der Waals surface area contributed by atoms with Crippen molar-refractivity contribution in [1.82, 2.24) is 25.9 Å². The van der Waals surface area contributed by atoms with Crippen molar-refractivity contribution in [1.29, 1.82) is 0 Å². The van der Waals surface area contributed by atoms with Crippen LogP contribution in [0.5, 0.6) is 11.8 Å². The van der Waals surface area contributed by atoms with Crippen molar-refractivity contribution in [2.75, 3.05) is 27.3 Å². The molecular weight excluding hydrogens is 601 g/mol. The largest absolute Gasteiger partial charge is 0.481 e. The number of hydrogen-bond acceptors (Lipinski definition) is 7. The molecule has 0 saturated carbocycles. The van der Waals surface area contributed by atoms with E-state index in [1.54, 1.807) is 14.2 Å². The zero-order chi connectivity index (χ0) is 30.8. The molecule has 0 radical (unpaired) electrons. The van der Waals surface area contributed by atoms with Crippen LogP contribution in [-0.4, -0.2) is 55.1 Å². The van der Waals surface area contributed by atoms with Gasteiger partial charge >= 0.3 is 0 Å². The number of carbonyl (C=O) groups is 2. The van der Waals surface area contributed by atoms with E-state index < -0.39 is 0 Å². The molecule has 0 unspecified atom stereocenters. The molecule has 4 heterocycles. The van der Waals surface area contributed by atoms with Crippen LogP contribution in [0, 0.1) is 5.92 Å². The minimum Gasteiger partial charge on any atom is -0.481 e. The maximum Gasteiger partial charge on any atom is 0.239 e. The number of amides is 2. The third kappa shape index (κ3) is 5.83. The van der Waals surface area contributed by atoms with Crippen molar-refractivity contribution in [2.24, 2.45) is 5.92 Å². The molecule has 2 atom stereocenters. The number of rotatable bonds is 11. The number of hydrogen-bond donors (Lipinski definition) is 3. The van der Waals surface area contributed by atoms with Gasteiger partial charge in [-0.1, -0.05) is 71.7 Å². The lowest BCUT2D eigenvalue weighted by Gasteiger charge is -2.27. The standard InChI is InChI=1S/C33H31Cl2N5O4/c1-43-32-18(9-10-19-15-37-30(19)41)11-13-25(39-32)23-7-3-5-21(28(23)34)22-6-4-8-24(29(22)35)26-14-12-20(33(40-26)44-2)16-36-27-17-38-31(27)42/h3-8,11-14,19,27,36H,9-10,15-17H2,1-2H3,(H,37,41)(H,38,42)/t19-,27-/m0/s1. The van der Waals surface area contributed by atoms with E-state index in [0.717, 1.165) is 39.8 Å². The summed E-state index contributed by atoms with van der Waals surface area (Å²) >= 11 is 14.1. The van der Waals surface area contributed by atoms with Crippen molar-refractivity contribution in [2.45, 2.75) is 25.4 Å². The van der Waals surface area contributed by atoms with Crippen molar-refractivity contribution in [3.05, 3.63) is 81.8 Å². The van der Waals surface area contributed by atoms with Crippen LogP contribution < -0.4 is 25.4 Å². The molecule has 2 aromatic heterocycles. The quantitative estimate of drug-likeness (QED) is 0.198. The zero-order valence-electron chi connectivity index (χ0n) is 24.2. The highest BCUT2D eigenvalue weighted by atomic mass is 35.5. The Hall–Kier alpha value is -4.18. The molecule has 2 aliphatic heterocycles. The lowest BCUT2D eigenvalue weighted by molar-refractivity contribution is -0.131. The van der Waals surface area contributed by atoms with E-state index in [9.17, 15) is 9.59 Å². The highest BCUT2D eigenvalue weighted by Gasteiger charge is 2.28. The third-order valence-electron chi connectivity index (χ3n) is 8.10. The monoisotopic (exact) mass is 631 g/mol. The van der Waals surface area contributed by atoms with Crippen molar-refractivity contribution >= 4 is 35.0 Å². The van der Waals surface area contributed by atoms with Gasteiger partial charge in [-0.3, -0.25) is 9.59 Å². The Morgan fingerprint density at radius 3 is 1.77 bits per heavy atom. The molecule has 0 spiro atoms. The first-order valence-electron chi connectivity index (χ1n) is 14.3. The number of nitrogens with zero attached hydrogens (tertiary/aromatic N) is 2. The average Bonchev–Trinajstić information content (AvgIpc) is 3.04.